The third-order valence-electron chi connectivity index (χ3n) is 1.18. The fraction of sp³-hybridized carbons (Fsp3) is 0.500. The van der Waals surface area contributed by atoms with Crippen molar-refractivity contribution in [3.8, 4) is 0 Å². The van der Waals surface area contributed by atoms with E-state index in [2.05, 4.69) is 5.32 Å². The zero-order chi connectivity index (χ0) is 5.98. The Balaban J connectivity index is 2.29. The Bertz CT molecular complexity index is 96.2. The SMILES string of the molecule is OB(O)C1CC=CN1. The van der Waals surface area contributed by atoms with E-state index in [0.29, 0.717) is 6.42 Å². The lowest BCUT2D eigenvalue weighted by atomic mass is 9.79. The molecule has 0 spiro atoms. The first kappa shape index (κ1) is 5.66. The first-order chi connectivity index (χ1) is 3.80. The lowest BCUT2D eigenvalue weighted by Crippen LogP contribution is -2.37. The molecule has 0 aromatic carbocycles. The van der Waals surface area contributed by atoms with E-state index < -0.39 is 7.12 Å². The molecular weight excluding hydrogens is 105 g/mol. The molecule has 0 amide bonds. The maximum atomic E-state index is 8.51. The van der Waals surface area contributed by atoms with E-state index in [0.717, 1.165) is 0 Å². The van der Waals surface area contributed by atoms with Crippen molar-refractivity contribution in [3.05, 3.63) is 12.3 Å². The fourth-order valence-corrected chi connectivity index (χ4v) is 0.682. The van der Waals surface area contributed by atoms with Gasteiger partial charge in [-0.3, -0.25) is 0 Å². The molecule has 3 N–H and O–H groups in total. The van der Waals surface area contributed by atoms with E-state index in [9.17, 15) is 0 Å². The Labute approximate surface area is 48.2 Å². The monoisotopic (exact) mass is 113 g/mol. The second-order valence-electron chi connectivity index (χ2n) is 1.82. The topological polar surface area (TPSA) is 52.5 Å². The van der Waals surface area contributed by atoms with Crippen LogP contribution < -0.4 is 5.32 Å². The van der Waals surface area contributed by atoms with Gasteiger partial charge in [0, 0.05) is 0 Å². The van der Waals surface area contributed by atoms with Crippen LogP contribution in [-0.2, 0) is 0 Å². The lowest BCUT2D eigenvalue weighted by Gasteiger charge is -2.06. The van der Waals surface area contributed by atoms with Gasteiger partial charge in [-0.25, -0.2) is 0 Å². The van der Waals surface area contributed by atoms with Crippen molar-refractivity contribution in [2.75, 3.05) is 0 Å². The van der Waals surface area contributed by atoms with E-state index in [1.165, 1.54) is 0 Å². The average molecular weight is 113 g/mol. The summed E-state index contributed by atoms with van der Waals surface area (Å²) >= 11 is 0. The molecule has 0 saturated heterocycles. The first-order valence-electron chi connectivity index (χ1n) is 2.58. The van der Waals surface area contributed by atoms with Crippen molar-refractivity contribution in [2.24, 2.45) is 0 Å². The Morgan fingerprint density at radius 1 is 1.62 bits per heavy atom. The summed E-state index contributed by atoms with van der Waals surface area (Å²) in [5.41, 5.74) is 0. The van der Waals surface area contributed by atoms with Crippen LogP contribution in [0.3, 0.4) is 0 Å². The van der Waals surface area contributed by atoms with Gasteiger partial charge in [0.15, 0.2) is 0 Å². The van der Waals surface area contributed by atoms with E-state index >= 15 is 0 Å². The van der Waals surface area contributed by atoms with E-state index in [1.54, 1.807) is 6.20 Å². The van der Waals surface area contributed by atoms with Crippen LogP contribution in [0.15, 0.2) is 12.3 Å². The zero-order valence-electron chi connectivity index (χ0n) is 4.41. The molecule has 0 saturated carbocycles. The second-order valence-corrected chi connectivity index (χ2v) is 1.82. The summed E-state index contributed by atoms with van der Waals surface area (Å²) in [6, 6.07) is 0. The number of rotatable bonds is 1. The summed E-state index contributed by atoms with van der Waals surface area (Å²) in [6.07, 6.45) is 4.30. The normalized spacial score (nSPS) is 25.5. The minimum Gasteiger partial charge on any atom is -0.426 e. The van der Waals surface area contributed by atoms with Gasteiger partial charge in [0.2, 0.25) is 0 Å². The molecule has 44 valence electrons. The van der Waals surface area contributed by atoms with Crippen molar-refractivity contribution in [1.29, 1.82) is 0 Å². The van der Waals surface area contributed by atoms with Crippen LogP contribution in [0.25, 0.3) is 0 Å². The molecule has 0 radical (unpaired) electrons. The standard InChI is InChI=1S/C4H8BNO2/c7-5(8)4-2-1-3-6-4/h1,3-4,6-8H,2H2. The third kappa shape index (κ3) is 1.02. The van der Waals surface area contributed by atoms with Crippen molar-refractivity contribution in [2.45, 2.75) is 12.4 Å². The largest absolute Gasteiger partial charge is 0.475 e. The smallest absolute Gasteiger partial charge is 0.426 e. The molecule has 0 fully saturated rings. The fourth-order valence-electron chi connectivity index (χ4n) is 0.682. The van der Waals surface area contributed by atoms with Crippen LogP contribution in [0.1, 0.15) is 6.42 Å². The number of hydrogen-bond acceptors (Lipinski definition) is 3. The van der Waals surface area contributed by atoms with E-state index in [1.807, 2.05) is 6.08 Å². The van der Waals surface area contributed by atoms with E-state index in [-0.39, 0.29) is 5.94 Å². The van der Waals surface area contributed by atoms with Crippen LogP contribution >= 0.6 is 0 Å². The molecule has 1 heterocycles. The summed E-state index contributed by atoms with van der Waals surface area (Å²) in [4.78, 5) is 0. The summed E-state index contributed by atoms with van der Waals surface area (Å²) in [5, 5.41) is 19.8. The van der Waals surface area contributed by atoms with Crippen molar-refractivity contribution >= 4 is 7.12 Å². The van der Waals surface area contributed by atoms with Crippen molar-refractivity contribution in [3.63, 3.8) is 0 Å². The Hall–Kier alpha value is -0.475. The third-order valence-corrected chi connectivity index (χ3v) is 1.18. The Morgan fingerprint density at radius 2 is 2.38 bits per heavy atom. The molecule has 0 aromatic rings. The van der Waals surface area contributed by atoms with Gasteiger partial charge < -0.3 is 15.4 Å². The molecule has 1 aliphatic rings. The molecule has 8 heavy (non-hydrogen) atoms. The minimum atomic E-state index is -1.23. The highest BCUT2D eigenvalue weighted by Crippen LogP contribution is 2.00. The van der Waals surface area contributed by atoms with Crippen LogP contribution in [0, 0.1) is 0 Å². The van der Waals surface area contributed by atoms with Crippen molar-refractivity contribution in [1.82, 2.24) is 5.32 Å². The van der Waals surface area contributed by atoms with Gasteiger partial charge in [0.05, 0.1) is 5.94 Å². The second kappa shape index (κ2) is 2.20. The van der Waals surface area contributed by atoms with Gasteiger partial charge >= 0.3 is 7.12 Å². The lowest BCUT2D eigenvalue weighted by molar-refractivity contribution is 0.382. The maximum Gasteiger partial charge on any atom is 0.475 e. The Kier molecular flexibility index (Phi) is 1.55. The van der Waals surface area contributed by atoms with Crippen LogP contribution in [0.4, 0.5) is 0 Å². The minimum absolute atomic E-state index is 0.185. The molecule has 1 unspecified atom stereocenters. The van der Waals surface area contributed by atoms with Gasteiger partial charge in [-0.1, -0.05) is 6.08 Å². The van der Waals surface area contributed by atoms with E-state index in [4.69, 9.17) is 10.0 Å². The van der Waals surface area contributed by atoms with Crippen LogP contribution in [0.5, 0.6) is 0 Å². The van der Waals surface area contributed by atoms with Gasteiger partial charge in [0.1, 0.15) is 0 Å². The quantitative estimate of drug-likeness (QED) is 0.377. The molecule has 3 nitrogen and oxygen atoms in total. The first-order valence-corrected chi connectivity index (χ1v) is 2.58. The van der Waals surface area contributed by atoms with Crippen molar-refractivity contribution < 1.29 is 10.0 Å². The summed E-state index contributed by atoms with van der Waals surface area (Å²) in [5.74, 6) is -0.185. The van der Waals surface area contributed by atoms with Gasteiger partial charge in [-0.05, 0) is 12.6 Å². The molecule has 0 aromatic heterocycles. The summed E-state index contributed by atoms with van der Waals surface area (Å²) < 4.78 is 0. The predicted octanol–water partition coefficient (Wildman–Crippen LogP) is -1.13. The molecule has 4 heteroatoms. The van der Waals surface area contributed by atoms with Gasteiger partial charge in [-0.15, -0.1) is 0 Å². The zero-order valence-corrected chi connectivity index (χ0v) is 4.41. The molecule has 0 aliphatic carbocycles. The molecule has 1 atom stereocenters. The van der Waals surface area contributed by atoms with Gasteiger partial charge in [0.25, 0.3) is 0 Å². The predicted molar refractivity (Wildman–Crippen MR) is 30.9 cm³/mol. The Morgan fingerprint density at radius 3 is 2.62 bits per heavy atom. The van der Waals surface area contributed by atoms with Crippen LogP contribution in [-0.4, -0.2) is 23.1 Å². The summed E-state index contributed by atoms with van der Waals surface area (Å²) in [7, 11) is -1.23. The highest BCUT2D eigenvalue weighted by molar-refractivity contribution is 6.43. The average Bonchev–Trinajstić information content (AvgIpc) is 2.12. The maximum absolute atomic E-state index is 8.51. The molecule has 1 aliphatic heterocycles. The van der Waals surface area contributed by atoms with Crippen LogP contribution in [0.2, 0.25) is 0 Å². The highest BCUT2D eigenvalue weighted by atomic mass is 16.4. The highest BCUT2D eigenvalue weighted by Gasteiger charge is 2.22. The molecular formula is C4H8BNO2. The molecule has 0 bridgehead atoms. The number of hydrogen-bond donors (Lipinski definition) is 3. The number of nitrogens with one attached hydrogen (secondary N) is 1. The molecule has 1 rings (SSSR count). The summed E-state index contributed by atoms with van der Waals surface area (Å²) in [6.45, 7) is 0. The van der Waals surface area contributed by atoms with Gasteiger partial charge in [-0.2, -0.15) is 0 Å².